The van der Waals surface area contributed by atoms with Crippen LogP contribution in [0, 0.1) is 0 Å². The third-order valence-electron chi connectivity index (χ3n) is 2.12. The third-order valence-corrected chi connectivity index (χ3v) is 2.12. The van der Waals surface area contributed by atoms with E-state index in [0.29, 0.717) is 0 Å². The highest BCUT2D eigenvalue weighted by Gasteiger charge is 1.99. The number of aliphatic hydroxyl groups is 1. The van der Waals surface area contributed by atoms with Gasteiger partial charge in [0.2, 0.25) is 0 Å². The Balaban J connectivity index is 0.000000386. The van der Waals surface area contributed by atoms with Gasteiger partial charge in [-0.3, -0.25) is 0 Å². The van der Waals surface area contributed by atoms with E-state index in [1.54, 1.807) is 0 Å². The van der Waals surface area contributed by atoms with E-state index in [-0.39, 0.29) is 12.8 Å². The van der Waals surface area contributed by atoms with Crippen molar-refractivity contribution in [2.24, 2.45) is 0 Å². The van der Waals surface area contributed by atoms with Crippen molar-refractivity contribution >= 4 is 11.8 Å². The van der Waals surface area contributed by atoms with Gasteiger partial charge < -0.3 is 9.51 Å². The normalized spacial score (nSPS) is 9.38. The number of rotatable bonds is 2. The highest BCUT2D eigenvalue weighted by molar-refractivity contribution is 5.42. The van der Waals surface area contributed by atoms with Crippen LogP contribution in [0.25, 0.3) is 5.65 Å². The Morgan fingerprint density at radius 2 is 2.19 bits per heavy atom. The van der Waals surface area contributed by atoms with Gasteiger partial charge in [-0.05, 0) is 24.1 Å². The Hall–Kier alpha value is -1.97. The fourth-order valence-electron chi connectivity index (χ4n) is 1.35. The Bertz CT molecular complexity index is 497. The lowest BCUT2D eigenvalue weighted by atomic mass is 10.3. The van der Waals surface area contributed by atoms with Gasteiger partial charge in [0.15, 0.2) is 0 Å². The second-order valence-electron chi connectivity index (χ2n) is 3.13. The van der Waals surface area contributed by atoms with Crippen LogP contribution in [0.1, 0.15) is 18.2 Å². The van der Waals surface area contributed by atoms with Crippen LogP contribution in [0.15, 0.2) is 24.5 Å². The first-order chi connectivity index (χ1) is 7.74. The molecule has 0 aliphatic heterocycles. The predicted molar refractivity (Wildman–Crippen MR) is 55.5 cm³/mol. The molecule has 2 aromatic heterocycles. The molecule has 0 radical (unpaired) electrons. The average molecular weight is 220 g/mol. The second-order valence-corrected chi connectivity index (χ2v) is 3.13. The predicted octanol–water partition coefficient (Wildman–Crippen LogP) is 0.805. The quantitative estimate of drug-likeness (QED) is 0.812. The summed E-state index contributed by atoms with van der Waals surface area (Å²) in [6.07, 6.45) is 5.12. The maximum atomic E-state index is 8.92. The number of aliphatic hydroxyl groups excluding tert-OH is 1. The molecule has 0 atom stereocenters. The van der Waals surface area contributed by atoms with E-state index in [1.165, 1.54) is 0 Å². The molecular weight excluding hydrogens is 208 g/mol. The molecule has 1 N–H and O–H groups in total. The zero-order valence-corrected chi connectivity index (χ0v) is 8.88. The van der Waals surface area contributed by atoms with Crippen LogP contribution in [-0.2, 0) is 22.6 Å². The van der Waals surface area contributed by atoms with Gasteiger partial charge in [-0.2, -0.15) is 9.59 Å². The third kappa shape index (κ3) is 2.76. The van der Waals surface area contributed by atoms with Crippen molar-refractivity contribution in [3.05, 3.63) is 35.8 Å². The van der Waals surface area contributed by atoms with Gasteiger partial charge in [-0.15, -0.1) is 0 Å². The molecule has 0 saturated carbocycles. The van der Waals surface area contributed by atoms with Crippen molar-refractivity contribution < 1.29 is 14.7 Å². The molecular formula is C11H12N2O3. The monoisotopic (exact) mass is 220 g/mol. The molecule has 0 bridgehead atoms. The number of hydrogen-bond donors (Lipinski definition) is 1. The summed E-state index contributed by atoms with van der Waals surface area (Å²) in [4.78, 5) is 20.6. The summed E-state index contributed by atoms with van der Waals surface area (Å²) in [6.45, 7) is 2.15. The number of nitrogens with zero attached hydrogens (tertiary/aromatic N) is 2. The summed E-state index contributed by atoms with van der Waals surface area (Å²) in [7, 11) is 0. The van der Waals surface area contributed by atoms with Crippen LogP contribution in [0.4, 0.5) is 0 Å². The van der Waals surface area contributed by atoms with Crippen LogP contribution in [-0.4, -0.2) is 20.6 Å². The number of fused-ring (bicyclic) bond motifs is 1. The van der Waals surface area contributed by atoms with E-state index in [1.807, 2.05) is 28.9 Å². The number of pyridine rings is 1. The van der Waals surface area contributed by atoms with Crippen LogP contribution >= 0.6 is 0 Å². The lowest BCUT2D eigenvalue weighted by Gasteiger charge is -1.95. The highest BCUT2D eigenvalue weighted by Crippen LogP contribution is 2.08. The highest BCUT2D eigenvalue weighted by atomic mass is 16.3. The molecule has 2 heterocycles. The zero-order chi connectivity index (χ0) is 12.0. The SMILES string of the molecule is CCc1cn2ccc(CO)cc2n1.O=C=O. The fraction of sp³-hybridized carbons (Fsp3) is 0.273. The minimum absolute atomic E-state index is 0.0742. The van der Waals surface area contributed by atoms with Gasteiger partial charge in [0, 0.05) is 12.4 Å². The summed E-state index contributed by atoms with van der Waals surface area (Å²) in [5.74, 6) is 0. The molecule has 0 amide bonds. The van der Waals surface area contributed by atoms with E-state index in [0.717, 1.165) is 23.3 Å². The Labute approximate surface area is 92.4 Å². The van der Waals surface area contributed by atoms with Gasteiger partial charge in [-0.1, -0.05) is 6.92 Å². The molecule has 16 heavy (non-hydrogen) atoms. The molecule has 0 unspecified atom stereocenters. The minimum Gasteiger partial charge on any atom is -0.392 e. The molecule has 0 aliphatic rings. The van der Waals surface area contributed by atoms with Crippen molar-refractivity contribution in [3.8, 4) is 0 Å². The number of aryl methyl sites for hydroxylation is 1. The van der Waals surface area contributed by atoms with Crippen molar-refractivity contribution in [2.75, 3.05) is 0 Å². The van der Waals surface area contributed by atoms with Crippen molar-refractivity contribution in [1.29, 1.82) is 0 Å². The minimum atomic E-state index is 0.0742. The van der Waals surface area contributed by atoms with E-state index in [9.17, 15) is 0 Å². The first kappa shape index (κ1) is 12.1. The maximum Gasteiger partial charge on any atom is 0.373 e. The lowest BCUT2D eigenvalue weighted by molar-refractivity contribution is -0.191. The first-order valence-electron chi connectivity index (χ1n) is 4.81. The number of hydrogen-bond acceptors (Lipinski definition) is 4. The molecule has 2 aromatic rings. The van der Waals surface area contributed by atoms with Crippen molar-refractivity contribution in [2.45, 2.75) is 20.0 Å². The van der Waals surface area contributed by atoms with E-state index < -0.39 is 0 Å². The van der Waals surface area contributed by atoms with Gasteiger partial charge in [0.05, 0.1) is 12.3 Å². The number of aromatic nitrogens is 2. The molecule has 0 aliphatic carbocycles. The van der Waals surface area contributed by atoms with Crippen LogP contribution < -0.4 is 0 Å². The standard InChI is InChI=1S/C10H12N2O.CO2/c1-2-9-6-12-4-3-8(7-13)5-10(12)11-9;2-1-3/h3-6,13H,2,7H2,1H3;. The molecule has 84 valence electrons. The molecule has 0 fully saturated rings. The Morgan fingerprint density at radius 1 is 1.50 bits per heavy atom. The summed E-state index contributed by atoms with van der Waals surface area (Å²) in [6, 6.07) is 3.80. The molecule has 0 saturated heterocycles. The van der Waals surface area contributed by atoms with E-state index in [4.69, 9.17) is 14.7 Å². The topological polar surface area (TPSA) is 71.7 Å². The molecule has 5 heteroatoms. The Kier molecular flexibility index (Phi) is 4.39. The summed E-state index contributed by atoms with van der Waals surface area (Å²) < 4.78 is 1.97. The van der Waals surface area contributed by atoms with Crippen molar-refractivity contribution in [3.63, 3.8) is 0 Å². The van der Waals surface area contributed by atoms with Crippen LogP contribution in [0.2, 0.25) is 0 Å². The smallest absolute Gasteiger partial charge is 0.373 e. The summed E-state index contributed by atoms with van der Waals surface area (Å²) in [5, 5.41) is 8.92. The molecule has 0 spiro atoms. The number of imidazole rings is 1. The van der Waals surface area contributed by atoms with Gasteiger partial charge in [0.1, 0.15) is 5.65 Å². The first-order valence-corrected chi connectivity index (χ1v) is 4.81. The van der Waals surface area contributed by atoms with Crippen LogP contribution in [0.5, 0.6) is 0 Å². The average Bonchev–Trinajstić information content (AvgIpc) is 2.71. The summed E-state index contributed by atoms with van der Waals surface area (Å²) >= 11 is 0. The van der Waals surface area contributed by atoms with Crippen LogP contribution in [0.3, 0.4) is 0 Å². The maximum absolute atomic E-state index is 8.92. The van der Waals surface area contributed by atoms with Gasteiger partial charge in [-0.25, -0.2) is 4.98 Å². The molecule has 0 aromatic carbocycles. The van der Waals surface area contributed by atoms with Crippen molar-refractivity contribution in [1.82, 2.24) is 9.38 Å². The second kappa shape index (κ2) is 5.80. The number of carbonyl (C=O) groups excluding carboxylic acids is 2. The largest absolute Gasteiger partial charge is 0.392 e. The fourth-order valence-corrected chi connectivity index (χ4v) is 1.35. The molecule has 5 nitrogen and oxygen atoms in total. The molecule has 2 rings (SSSR count). The van der Waals surface area contributed by atoms with E-state index >= 15 is 0 Å². The Morgan fingerprint density at radius 3 is 2.75 bits per heavy atom. The van der Waals surface area contributed by atoms with E-state index in [2.05, 4.69) is 11.9 Å². The van der Waals surface area contributed by atoms with Gasteiger partial charge >= 0.3 is 6.15 Å². The zero-order valence-electron chi connectivity index (χ0n) is 8.88. The summed E-state index contributed by atoms with van der Waals surface area (Å²) in [5.41, 5.74) is 2.89. The lowest BCUT2D eigenvalue weighted by Crippen LogP contribution is -1.87. The van der Waals surface area contributed by atoms with Gasteiger partial charge in [0.25, 0.3) is 0 Å².